The van der Waals surface area contributed by atoms with Gasteiger partial charge in [0.25, 0.3) is 0 Å². The molecule has 0 radical (unpaired) electrons. The van der Waals surface area contributed by atoms with Gasteiger partial charge >= 0.3 is 5.69 Å². The Bertz CT molecular complexity index is 1020. The van der Waals surface area contributed by atoms with Crippen molar-refractivity contribution < 1.29 is 9.47 Å². The number of hydrogen-bond donors (Lipinski definition) is 1. The van der Waals surface area contributed by atoms with Crippen LogP contribution in [0.3, 0.4) is 0 Å². The van der Waals surface area contributed by atoms with Crippen LogP contribution in [-0.4, -0.2) is 46.6 Å². The van der Waals surface area contributed by atoms with Crippen molar-refractivity contribution in [1.82, 2.24) is 24.6 Å². The van der Waals surface area contributed by atoms with E-state index in [0.29, 0.717) is 17.2 Å². The van der Waals surface area contributed by atoms with Gasteiger partial charge in [0.15, 0.2) is 11.5 Å². The zero-order valence-electron chi connectivity index (χ0n) is 16.7. The van der Waals surface area contributed by atoms with Gasteiger partial charge in [-0.15, -0.1) is 0 Å². The van der Waals surface area contributed by atoms with E-state index in [0.717, 1.165) is 37.4 Å². The van der Waals surface area contributed by atoms with Crippen molar-refractivity contribution in [3.8, 4) is 17.2 Å². The van der Waals surface area contributed by atoms with Crippen LogP contribution >= 0.6 is 0 Å². The molecule has 2 aromatic heterocycles. The van der Waals surface area contributed by atoms with Crippen molar-refractivity contribution in [2.24, 2.45) is 0 Å². The molecule has 0 spiro atoms. The molecule has 0 aliphatic carbocycles. The molecule has 8 nitrogen and oxygen atoms in total. The first-order valence-electron chi connectivity index (χ1n) is 9.74. The molecule has 3 heterocycles. The first kappa shape index (κ1) is 19.2. The molecular weight excluding hydrogens is 370 g/mol. The maximum absolute atomic E-state index is 13.3. The van der Waals surface area contributed by atoms with Crippen molar-refractivity contribution in [1.29, 1.82) is 0 Å². The van der Waals surface area contributed by atoms with E-state index < -0.39 is 0 Å². The van der Waals surface area contributed by atoms with Crippen molar-refractivity contribution in [3.05, 3.63) is 64.6 Å². The van der Waals surface area contributed by atoms with Crippen LogP contribution in [0.15, 0.2) is 47.4 Å². The quantitative estimate of drug-likeness (QED) is 0.687. The van der Waals surface area contributed by atoms with Gasteiger partial charge in [0.2, 0.25) is 0 Å². The molecule has 152 valence electrons. The molecule has 4 rings (SSSR count). The average Bonchev–Trinajstić information content (AvgIpc) is 3.10. The average molecular weight is 395 g/mol. The highest BCUT2D eigenvalue weighted by molar-refractivity contribution is 5.42. The van der Waals surface area contributed by atoms with Gasteiger partial charge in [0.05, 0.1) is 26.5 Å². The summed E-state index contributed by atoms with van der Waals surface area (Å²) < 4.78 is 14.0. The number of nitrogens with one attached hydrogen (secondary N) is 1. The summed E-state index contributed by atoms with van der Waals surface area (Å²) in [5.41, 5.74) is 1.22. The molecule has 0 amide bonds. The zero-order valence-corrected chi connectivity index (χ0v) is 16.7. The third-order valence-corrected chi connectivity index (χ3v) is 5.21. The SMILES string of the molecule is COc1ccnc(Cn2nc([C@@H]3CCCNC3)n(-c3ccccc3)c2=O)c1OC. The van der Waals surface area contributed by atoms with E-state index in [9.17, 15) is 4.79 Å². The van der Waals surface area contributed by atoms with Gasteiger partial charge in [0.1, 0.15) is 11.5 Å². The maximum Gasteiger partial charge on any atom is 0.350 e. The molecule has 3 aromatic rings. The number of aromatic nitrogens is 4. The van der Waals surface area contributed by atoms with E-state index in [1.165, 1.54) is 4.68 Å². The predicted molar refractivity (Wildman–Crippen MR) is 109 cm³/mol. The van der Waals surface area contributed by atoms with Crippen LogP contribution in [0, 0.1) is 0 Å². The monoisotopic (exact) mass is 395 g/mol. The molecule has 1 N–H and O–H groups in total. The summed E-state index contributed by atoms with van der Waals surface area (Å²) >= 11 is 0. The third-order valence-electron chi connectivity index (χ3n) is 5.21. The molecule has 29 heavy (non-hydrogen) atoms. The Hall–Kier alpha value is -3.13. The highest BCUT2D eigenvalue weighted by Crippen LogP contribution is 2.29. The largest absolute Gasteiger partial charge is 0.493 e. The van der Waals surface area contributed by atoms with Gasteiger partial charge in [-0.2, -0.15) is 5.10 Å². The summed E-state index contributed by atoms with van der Waals surface area (Å²) in [7, 11) is 3.14. The van der Waals surface area contributed by atoms with Crippen LogP contribution in [-0.2, 0) is 6.54 Å². The van der Waals surface area contributed by atoms with Gasteiger partial charge in [-0.05, 0) is 31.5 Å². The molecule has 0 saturated carbocycles. The second-order valence-corrected chi connectivity index (χ2v) is 7.01. The summed E-state index contributed by atoms with van der Waals surface area (Å²) in [6, 6.07) is 11.4. The fourth-order valence-electron chi connectivity index (χ4n) is 3.79. The molecule has 1 aromatic carbocycles. The maximum atomic E-state index is 13.3. The Labute approximate surface area is 169 Å². The Morgan fingerprint density at radius 2 is 2.00 bits per heavy atom. The number of hydrogen-bond acceptors (Lipinski definition) is 6. The second-order valence-electron chi connectivity index (χ2n) is 7.01. The number of piperidine rings is 1. The summed E-state index contributed by atoms with van der Waals surface area (Å²) in [5, 5.41) is 8.14. The first-order chi connectivity index (χ1) is 14.2. The van der Waals surface area contributed by atoms with E-state index in [4.69, 9.17) is 14.6 Å². The fraction of sp³-hybridized carbons (Fsp3) is 0.381. The summed E-state index contributed by atoms with van der Waals surface area (Å²) in [6.45, 7) is 2.01. The van der Waals surface area contributed by atoms with Crippen LogP contribution in [0.5, 0.6) is 11.5 Å². The number of nitrogens with zero attached hydrogens (tertiary/aromatic N) is 4. The van der Waals surface area contributed by atoms with E-state index in [1.807, 2.05) is 30.3 Å². The van der Waals surface area contributed by atoms with Crippen LogP contribution < -0.4 is 20.5 Å². The summed E-state index contributed by atoms with van der Waals surface area (Å²) in [5.74, 6) is 2.04. The van der Waals surface area contributed by atoms with Gasteiger partial charge < -0.3 is 14.8 Å². The Morgan fingerprint density at radius 3 is 2.69 bits per heavy atom. The molecule has 0 bridgehead atoms. The van der Waals surface area contributed by atoms with Crippen molar-refractivity contribution in [2.75, 3.05) is 27.3 Å². The van der Waals surface area contributed by atoms with Crippen LogP contribution in [0.2, 0.25) is 0 Å². The van der Waals surface area contributed by atoms with Gasteiger partial charge in [-0.3, -0.25) is 4.98 Å². The summed E-state index contributed by atoms with van der Waals surface area (Å²) in [4.78, 5) is 17.7. The fourth-order valence-corrected chi connectivity index (χ4v) is 3.79. The topological polar surface area (TPSA) is 83.2 Å². The van der Waals surface area contributed by atoms with E-state index in [1.54, 1.807) is 31.0 Å². The molecule has 1 aliphatic rings. The molecule has 1 saturated heterocycles. The number of ether oxygens (including phenoxy) is 2. The standard InChI is InChI=1S/C21H25N5O3/c1-28-18-10-12-23-17(19(18)29-2)14-25-21(27)26(16-8-4-3-5-9-16)20(24-25)15-7-6-11-22-13-15/h3-5,8-10,12,15,22H,6-7,11,13-14H2,1-2H3/t15-/m1/s1. The minimum absolute atomic E-state index is 0.179. The van der Waals surface area contributed by atoms with Crippen molar-refractivity contribution >= 4 is 0 Å². The molecule has 1 aliphatic heterocycles. The molecular formula is C21H25N5O3. The van der Waals surface area contributed by atoms with E-state index >= 15 is 0 Å². The second kappa shape index (κ2) is 8.48. The summed E-state index contributed by atoms with van der Waals surface area (Å²) in [6.07, 6.45) is 3.70. The van der Waals surface area contributed by atoms with Crippen LogP contribution in [0.4, 0.5) is 0 Å². The molecule has 0 unspecified atom stereocenters. The zero-order chi connectivity index (χ0) is 20.2. The third kappa shape index (κ3) is 3.75. The number of benzene rings is 1. The lowest BCUT2D eigenvalue weighted by Crippen LogP contribution is -2.31. The first-order valence-corrected chi connectivity index (χ1v) is 9.74. The number of pyridine rings is 1. The minimum atomic E-state index is -0.191. The lowest BCUT2D eigenvalue weighted by atomic mass is 9.99. The Balaban J connectivity index is 1.79. The predicted octanol–water partition coefficient (Wildman–Crippen LogP) is 1.96. The number of para-hydroxylation sites is 1. The lowest BCUT2D eigenvalue weighted by molar-refractivity contribution is 0.347. The van der Waals surface area contributed by atoms with Gasteiger partial charge in [0, 0.05) is 24.7 Å². The van der Waals surface area contributed by atoms with Crippen molar-refractivity contribution in [2.45, 2.75) is 25.3 Å². The van der Waals surface area contributed by atoms with Crippen LogP contribution in [0.25, 0.3) is 5.69 Å². The Kier molecular flexibility index (Phi) is 5.62. The van der Waals surface area contributed by atoms with E-state index in [-0.39, 0.29) is 18.2 Å². The minimum Gasteiger partial charge on any atom is -0.493 e. The molecule has 8 heteroatoms. The van der Waals surface area contributed by atoms with E-state index in [2.05, 4.69) is 10.3 Å². The van der Waals surface area contributed by atoms with Crippen LogP contribution in [0.1, 0.15) is 30.3 Å². The Morgan fingerprint density at radius 1 is 1.17 bits per heavy atom. The van der Waals surface area contributed by atoms with Gasteiger partial charge in [-0.25, -0.2) is 14.0 Å². The smallest absolute Gasteiger partial charge is 0.350 e. The van der Waals surface area contributed by atoms with Crippen molar-refractivity contribution in [3.63, 3.8) is 0 Å². The van der Waals surface area contributed by atoms with Gasteiger partial charge in [-0.1, -0.05) is 18.2 Å². The number of rotatable bonds is 6. The normalized spacial score (nSPS) is 16.6. The highest BCUT2D eigenvalue weighted by atomic mass is 16.5. The molecule has 1 fully saturated rings. The molecule has 1 atom stereocenters. The lowest BCUT2D eigenvalue weighted by Gasteiger charge is -2.22. The number of methoxy groups -OCH3 is 2. The highest BCUT2D eigenvalue weighted by Gasteiger charge is 2.25.